The number of alkyl halides is 3. The van der Waals surface area contributed by atoms with Crippen LogP contribution in [0.5, 0.6) is 0 Å². The molecule has 2 aromatic carbocycles. The molecule has 4 atom stereocenters. The molecule has 0 aliphatic carbocycles. The van der Waals surface area contributed by atoms with E-state index in [-0.39, 0.29) is 17.5 Å². The molecule has 4 rings (SSSR count). The van der Waals surface area contributed by atoms with Crippen molar-refractivity contribution < 1.29 is 18.0 Å². The highest BCUT2D eigenvalue weighted by atomic mass is 35.5. The number of nitrogens with zero attached hydrogens (tertiary/aromatic N) is 2. The van der Waals surface area contributed by atoms with Gasteiger partial charge in [0.05, 0.1) is 29.6 Å². The van der Waals surface area contributed by atoms with Crippen LogP contribution in [0.4, 0.5) is 13.2 Å². The Labute approximate surface area is 224 Å². The lowest BCUT2D eigenvalue weighted by Crippen LogP contribution is -2.53. The monoisotopic (exact) mass is 546 g/mol. The van der Waals surface area contributed by atoms with E-state index < -0.39 is 30.1 Å². The second-order valence-corrected chi connectivity index (χ2v) is 10.6. The molecule has 3 nitrogen and oxygen atoms in total. The van der Waals surface area contributed by atoms with Gasteiger partial charge >= 0.3 is 6.18 Å². The van der Waals surface area contributed by atoms with Gasteiger partial charge in [-0.25, -0.2) is 0 Å². The lowest BCUT2D eigenvalue weighted by Gasteiger charge is -2.52. The van der Waals surface area contributed by atoms with Crippen molar-refractivity contribution in [3.63, 3.8) is 0 Å². The van der Waals surface area contributed by atoms with Crippen molar-refractivity contribution in [1.82, 2.24) is 9.88 Å². The number of pyridine rings is 1. The number of carbonyl (C=O) groups is 1. The van der Waals surface area contributed by atoms with Gasteiger partial charge in [-0.2, -0.15) is 13.2 Å². The Kier molecular flexibility index (Phi) is 8.00. The maximum Gasteiger partial charge on any atom is 0.391 e. The number of allylic oxidation sites excluding steroid dienone is 1. The van der Waals surface area contributed by atoms with E-state index in [1.807, 2.05) is 18.2 Å². The Morgan fingerprint density at radius 2 is 1.81 bits per heavy atom. The van der Waals surface area contributed by atoms with Crippen LogP contribution in [0.1, 0.15) is 61.0 Å². The molecule has 1 aromatic heterocycles. The summed E-state index contributed by atoms with van der Waals surface area (Å²) in [6, 6.07) is 17.0. The summed E-state index contributed by atoms with van der Waals surface area (Å²) in [6.07, 6.45) is -1.96. The van der Waals surface area contributed by atoms with Gasteiger partial charge in [0.2, 0.25) is 5.91 Å². The van der Waals surface area contributed by atoms with Crippen molar-refractivity contribution in [3.8, 4) is 0 Å². The Morgan fingerprint density at radius 1 is 1.08 bits per heavy atom. The second kappa shape index (κ2) is 10.9. The van der Waals surface area contributed by atoms with E-state index in [1.54, 1.807) is 55.5 Å². The molecule has 0 unspecified atom stereocenters. The molecule has 0 radical (unpaired) electrons. The van der Waals surface area contributed by atoms with Gasteiger partial charge in [0.25, 0.3) is 0 Å². The molecule has 0 N–H and O–H groups in total. The highest BCUT2D eigenvalue weighted by molar-refractivity contribution is 6.30. The van der Waals surface area contributed by atoms with Gasteiger partial charge in [0, 0.05) is 22.2 Å². The number of likely N-dealkylation sites (tertiary alicyclic amines) is 1. The molecule has 3 aromatic rings. The molecule has 8 heteroatoms. The number of halogens is 5. The van der Waals surface area contributed by atoms with Crippen molar-refractivity contribution in [2.24, 2.45) is 5.41 Å². The van der Waals surface area contributed by atoms with E-state index in [0.29, 0.717) is 28.5 Å². The van der Waals surface area contributed by atoms with Crippen LogP contribution in [0.2, 0.25) is 10.0 Å². The zero-order chi connectivity index (χ0) is 26.8. The Balaban J connectivity index is 1.98. The van der Waals surface area contributed by atoms with Crippen LogP contribution in [0.15, 0.2) is 85.6 Å². The fourth-order valence-corrected chi connectivity index (χ4v) is 5.69. The summed E-state index contributed by atoms with van der Waals surface area (Å²) in [7, 11) is 0. The molecular weight excluding hydrogens is 520 g/mol. The Bertz CT molecular complexity index is 1250. The van der Waals surface area contributed by atoms with Gasteiger partial charge in [-0.1, -0.05) is 66.5 Å². The predicted molar refractivity (Wildman–Crippen MR) is 140 cm³/mol. The molecule has 194 valence electrons. The number of piperidine rings is 1. The lowest BCUT2D eigenvalue weighted by molar-refractivity contribution is -0.171. The van der Waals surface area contributed by atoms with Crippen LogP contribution in [-0.2, 0) is 4.79 Å². The lowest BCUT2D eigenvalue weighted by atomic mass is 9.67. The third-order valence-corrected chi connectivity index (χ3v) is 7.46. The van der Waals surface area contributed by atoms with Gasteiger partial charge in [-0.05, 0) is 60.4 Å². The van der Waals surface area contributed by atoms with Crippen molar-refractivity contribution in [2.45, 2.75) is 50.4 Å². The molecular formula is C29H27Cl2F3N2O. The first-order chi connectivity index (χ1) is 17.5. The number of rotatable bonds is 7. The third kappa shape index (κ3) is 6.02. The third-order valence-electron chi connectivity index (χ3n) is 6.98. The summed E-state index contributed by atoms with van der Waals surface area (Å²) in [5.74, 6) is -0.715. The molecule has 0 spiro atoms. The zero-order valence-corrected chi connectivity index (χ0v) is 21.8. The fourth-order valence-electron chi connectivity index (χ4n) is 5.37. The standard InChI is InChI=1S/C29H27Cl2F3N2O/c1-3-14-28(2)17-23(20-7-6-8-22(31)16-20)26(19-10-12-21(30)13-11-19)36(27(28)37)25(18-29(32,33)34)24-9-4-5-15-35-24/h3-13,15-16,23,25-26H,1,14,17-18H2,2H3/t23-,25-,26-,28+/m1/s1. The smallest absolute Gasteiger partial charge is 0.326 e. The largest absolute Gasteiger partial charge is 0.391 e. The SMILES string of the molecule is C=CC[C@@]1(C)C[C@H](c2cccc(Cl)c2)[C@@H](c2ccc(Cl)cc2)N([C@H](CC(F)(F)F)c2ccccn2)C1=O. The first kappa shape index (κ1) is 27.2. The molecule has 1 fully saturated rings. The van der Waals surface area contributed by atoms with Gasteiger partial charge in [-0.3, -0.25) is 9.78 Å². The molecule has 0 bridgehead atoms. The highest BCUT2D eigenvalue weighted by Gasteiger charge is 2.53. The van der Waals surface area contributed by atoms with E-state index in [9.17, 15) is 18.0 Å². The predicted octanol–water partition coefficient (Wildman–Crippen LogP) is 8.72. The van der Waals surface area contributed by atoms with Crippen molar-refractivity contribution in [1.29, 1.82) is 0 Å². The van der Waals surface area contributed by atoms with Crippen molar-refractivity contribution in [2.75, 3.05) is 0 Å². The molecule has 1 aliphatic heterocycles. The number of aromatic nitrogens is 1. The fraction of sp³-hybridized carbons (Fsp3) is 0.310. The summed E-state index contributed by atoms with van der Waals surface area (Å²) in [4.78, 5) is 19.9. The summed E-state index contributed by atoms with van der Waals surface area (Å²) >= 11 is 12.5. The maximum atomic E-state index is 14.3. The van der Waals surface area contributed by atoms with Gasteiger partial charge in [0.15, 0.2) is 0 Å². The molecule has 1 amide bonds. The minimum absolute atomic E-state index is 0.180. The number of carbonyl (C=O) groups excluding carboxylic acids is 1. The average molecular weight is 547 g/mol. The van der Waals surface area contributed by atoms with E-state index >= 15 is 0 Å². The van der Waals surface area contributed by atoms with E-state index in [0.717, 1.165) is 5.56 Å². The van der Waals surface area contributed by atoms with Crippen LogP contribution in [0, 0.1) is 5.41 Å². The summed E-state index contributed by atoms with van der Waals surface area (Å²) in [5.41, 5.74) is 0.731. The van der Waals surface area contributed by atoms with E-state index in [4.69, 9.17) is 23.2 Å². The average Bonchev–Trinajstić information content (AvgIpc) is 2.85. The minimum Gasteiger partial charge on any atom is -0.326 e. The van der Waals surface area contributed by atoms with E-state index in [1.165, 1.54) is 17.2 Å². The number of benzene rings is 2. The van der Waals surface area contributed by atoms with Crippen LogP contribution < -0.4 is 0 Å². The van der Waals surface area contributed by atoms with Gasteiger partial charge in [-0.15, -0.1) is 6.58 Å². The number of hydrogen-bond acceptors (Lipinski definition) is 2. The van der Waals surface area contributed by atoms with Gasteiger partial charge in [0.1, 0.15) is 0 Å². The number of amides is 1. The Hall–Kier alpha value is -2.83. The first-order valence-electron chi connectivity index (χ1n) is 11.9. The van der Waals surface area contributed by atoms with Crippen LogP contribution in [-0.4, -0.2) is 22.0 Å². The molecule has 37 heavy (non-hydrogen) atoms. The molecule has 2 heterocycles. The van der Waals surface area contributed by atoms with Crippen LogP contribution >= 0.6 is 23.2 Å². The molecule has 1 aliphatic rings. The first-order valence-corrected chi connectivity index (χ1v) is 12.7. The molecule has 0 saturated carbocycles. The normalized spacial score (nSPS) is 23.1. The second-order valence-electron chi connectivity index (χ2n) is 9.72. The van der Waals surface area contributed by atoms with E-state index in [2.05, 4.69) is 11.6 Å². The van der Waals surface area contributed by atoms with Crippen LogP contribution in [0.25, 0.3) is 0 Å². The van der Waals surface area contributed by atoms with Crippen LogP contribution in [0.3, 0.4) is 0 Å². The quantitative estimate of drug-likeness (QED) is 0.277. The van der Waals surface area contributed by atoms with Gasteiger partial charge < -0.3 is 4.90 Å². The minimum atomic E-state index is -4.54. The summed E-state index contributed by atoms with van der Waals surface area (Å²) in [6.45, 7) is 5.62. The van der Waals surface area contributed by atoms with Crippen molar-refractivity contribution in [3.05, 3.63) is 112 Å². The Morgan fingerprint density at radius 3 is 2.41 bits per heavy atom. The summed E-state index contributed by atoms with van der Waals surface area (Å²) < 4.78 is 42.2. The van der Waals surface area contributed by atoms with Crippen molar-refractivity contribution >= 4 is 29.1 Å². The maximum absolute atomic E-state index is 14.3. The number of hydrogen-bond donors (Lipinski definition) is 0. The zero-order valence-electron chi connectivity index (χ0n) is 20.3. The topological polar surface area (TPSA) is 33.2 Å². The molecule has 1 saturated heterocycles. The summed E-state index contributed by atoms with van der Waals surface area (Å²) in [5, 5.41) is 1.00. The highest BCUT2D eigenvalue weighted by Crippen LogP contribution is 2.54.